The second-order valence-electron chi connectivity index (χ2n) is 7.62. The van der Waals surface area contributed by atoms with E-state index in [1.165, 1.54) is 7.05 Å². The molecule has 8 nitrogen and oxygen atoms in total. The molecule has 156 valence electrons. The molecule has 4 heterocycles. The smallest absolute Gasteiger partial charge is 0.341 e. The number of alkyl halides is 3. The molecule has 0 saturated heterocycles. The molecular formula is C19H18F3N7O. The van der Waals surface area contributed by atoms with Crippen molar-refractivity contribution >= 4 is 5.91 Å². The van der Waals surface area contributed by atoms with Gasteiger partial charge in [-0.05, 0) is 37.5 Å². The van der Waals surface area contributed by atoms with Gasteiger partial charge in [-0.15, -0.1) is 5.10 Å². The molecule has 1 aliphatic carbocycles. The number of rotatable bonds is 4. The van der Waals surface area contributed by atoms with Gasteiger partial charge in [0.1, 0.15) is 0 Å². The van der Waals surface area contributed by atoms with Crippen molar-refractivity contribution in [2.24, 2.45) is 7.05 Å². The lowest BCUT2D eigenvalue weighted by Crippen LogP contribution is -2.29. The number of carbonyl (C=O) groups excluding carboxylic acids is 1. The lowest BCUT2D eigenvalue weighted by molar-refractivity contribution is -0.144. The van der Waals surface area contributed by atoms with E-state index in [0.29, 0.717) is 18.9 Å². The first kappa shape index (κ1) is 18.8. The van der Waals surface area contributed by atoms with E-state index in [1.807, 2.05) is 22.9 Å². The number of halogens is 3. The van der Waals surface area contributed by atoms with Gasteiger partial charge in [0.15, 0.2) is 0 Å². The van der Waals surface area contributed by atoms with Crippen LogP contribution in [0.25, 0.3) is 11.3 Å². The summed E-state index contributed by atoms with van der Waals surface area (Å²) in [5, 5.41) is 10.7. The summed E-state index contributed by atoms with van der Waals surface area (Å²) in [5.74, 6) is -1.90. The van der Waals surface area contributed by atoms with Crippen molar-refractivity contribution in [2.45, 2.75) is 43.9 Å². The van der Waals surface area contributed by atoms with Gasteiger partial charge in [-0.2, -0.15) is 23.3 Å². The van der Waals surface area contributed by atoms with Gasteiger partial charge < -0.3 is 5.32 Å². The second-order valence-corrected chi connectivity index (χ2v) is 7.62. The van der Waals surface area contributed by atoms with E-state index in [2.05, 4.69) is 25.5 Å². The number of pyridine rings is 1. The van der Waals surface area contributed by atoms with Crippen molar-refractivity contribution in [3.8, 4) is 11.3 Å². The zero-order chi connectivity index (χ0) is 21.0. The van der Waals surface area contributed by atoms with Crippen molar-refractivity contribution < 1.29 is 18.0 Å². The van der Waals surface area contributed by atoms with Gasteiger partial charge in [-0.1, -0.05) is 0 Å². The highest BCUT2D eigenvalue weighted by molar-refractivity contribution is 5.91. The number of aromatic nitrogens is 6. The summed E-state index contributed by atoms with van der Waals surface area (Å²) in [6, 6.07) is 5.48. The highest BCUT2D eigenvalue weighted by atomic mass is 19.4. The van der Waals surface area contributed by atoms with E-state index >= 15 is 0 Å². The van der Waals surface area contributed by atoms with Gasteiger partial charge in [0.25, 0.3) is 11.7 Å². The van der Waals surface area contributed by atoms with E-state index in [4.69, 9.17) is 0 Å². The zero-order valence-corrected chi connectivity index (χ0v) is 16.0. The number of carbonyl (C=O) groups is 1. The van der Waals surface area contributed by atoms with E-state index < -0.39 is 17.9 Å². The third-order valence-corrected chi connectivity index (χ3v) is 5.40. The molecule has 1 atom stereocenters. The van der Waals surface area contributed by atoms with Crippen LogP contribution >= 0.6 is 0 Å². The maximum Gasteiger partial charge on any atom is 0.453 e. The molecule has 1 amide bonds. The van der Waals surface area contributed by atoms with Crippen molar-refractivity contribution in [1.82, 2.24) is 34.8 Å². The maximum absolute atomic E-state index is 12.8. The first-order valence-corrected chi connectivity index (χ1v) is 9.63. The quantitative estimate of drug-likeness (QED) is 0.705. The van der Waals surface area contributed by atoms with Crippen LogP contribution in [-0.2, 0) is 19.8 Å². The molecule has 0 bridgehead atoms. The Labute approximate surface area is 169 Å². The molecule has 1 N–H and O–H groups in total. The van der Waals surface area contributed by atoms with Crippen LogP contribution in [0.15, 0.2) is 24.4 Å². The van der Waals surface area contributed by atoms with E-state index in [0.717, 1.165) is 40.2 Å². The summed E-state index contributed by atoms with van der Waals surface area (Å²) in [5.41, 5.74) is 3.61. The molecule has 3 aromatic rings. The van der Waals surface area contributed by atoms with E-state index in [9.17, 15) is 18.0 Å². The average Bonchev–Trinajstić information content (AvgIpc) is 3.17. The Bertz CT molecular complexity index is 1130. The summed E-state index contributed by atoms with van der Waals surface area (Å²) in [6.07, 6.45) is -0.0211. The normalized spacial score (nSPS) is 18.5. The van der Waals surface area contributed by atoms with Crippen LogP contribution in [0.1, 0.15) is 59.1 Å². The summed E-state index contributed by atoms with van der Waals surface area (Å²) >= 11 is 0. The number of hydrogen-bond donors (Lipinski definition) is 1. The molecule has 0 radical (unpaired) electrons. The first-order valence-electron chi connectivity index (χ1n) is 9.63. The molecule has 1 fully saturated rings. The SMILES string of the molecule is Cn1nc(C(F)(F)F)nc1C(=O)N[C@@H]1CCn2nc(-c3ccnc(C4CC4)c3)cc21. The van der Waals surface area contributed by atoms with Crippen molar-refractivity contribution in [2.75, 3.05) is 0 Å². The van der Waals surface area contributed by atoms with Crippen molar-refractivity contribution in [3.05, 3.63) is 47.4 Å². The first-order chi connectivity index (χ1) is 14.3. The summed E-state index contributed by atoms with van der Waals surface area (Å²) in [6.45, 7) is 0.605. The highest BCUT2D eigenvalue weighted by Crippen LogP contribution is 2.40. The van der Waals surface area contributed by atoms with Crippen LogP contribution in [0.2, 0.25) is 0 Å². The third-order valence-electron chi connectivity index (χ3n) is 5.40. The minimum absolute atomic E-state index is 0.366. The molecule has 1 saturated carbocycles. The molecule has 2 aliphatic rings. The van der Waals surface area contributed by atoms with Gasteiger partial charge in [0, 0.05) is 37.0 Å². The maximum atomic E-state index is 12.8. The Balaban J connectivity index is 1.36. The monoisotopic (exact) mass is 417 g/mol. The van der Waals surface area contributed by atoms with Gasteiger partial charge in [-0.25, -0.2) is 4.68 Å². The topological polar surface area (TPSA) is 90.5 Å². The summed E-state index contributed by atoms with van der Waals surface area (Å²) in [4.78, 5) is 20.3. The number of amides is 1. The van der Waals surface area contributed by atoms with Gasteiger partial charge in [0.2, 0.25) is 5.82 Å². The molecule has 1 aliphatic heterocycles. The van der Waals surface area contributed by atoms with Crippen molar-refractivity contribution in [3.63, 3.8) is 0 Å². The van der Waals surface area contributed by atoms with Crippen molar-refractivity contribution in [1.29, 1.82) is 0 Å². The molecule has 30 heavy (non-hydrogen) atoms. The number of hydrogen-bond acceptors (Lipinski definition) is 5. The summed E-state index contributed by atoms with van der Waals surface area (Å²) < 4.78 is 41.1. The number of nitrogens with one attached hydrogen (secondary N) is 1. The molecule has 11 heteroatoms. The standard InChI is InChI=1S/C19H18F3N7O/c1-28-16(25-18(27-28)19(20,21)22)17(30)24-12-5-7-29-15(12)9-14(26-29)11-4-6-23-13(8-11)10-2-3-10/h4,6,8-10,12H,2-3,5,7H2,1H3,(H,24,30)/t12-/m1/s1. The molecule has 0 unspecified atom stereocenters. The van der Waals surface area contributed by atoms with Gasteiger partial charge >= 0.3 is 6.18 Å². The number of aryl methyl sites for hydroxylation is 2. The Kier molecular flexibility index (Phi) is 4.16. The fourth-order valence-electron chi connectivity index (χ4n) is 3.71. The predicted octanol–water partition coefficient (Wildman–Crippen LogP) is 2.84. The largest absolute Gasteiger partial charge is 0.453 e. The zero-order valence-electron chi connectivity index (χ0n) is 16.0. The predicted molar refractivity (Wildman–Crippen MR) is 98.3 cm³/mol. The van der Waals surface area contributed by atoms with Crippen LogP contribution in [0, 0.1) is 0 Å². The fraction of sp³-hybridized carbons (Fsp3) is 0.421. The Morgan fingerprint density at radius 2 is 2.00 bits per heavy atom. The molecule has 5 rings (SSSR count). The molecular weight excluding hydrogens is 399 g/mol. The fourth-order valence-corrected chi connectivity index (χ4v) is 3.71. The van der Waals surface area contributed by atoms with Gasteiger partial charge in [0.05, 0.1) is 17.4 Å². The minimum Gasteiger partial charge on any atom is -0.341 e. The Hall–Kier alpha value is -3.24. The van der Waals surface area contributed by atoms with Crippen LogP contribution in [0.5, 0.6) is 0 Å². The Morgan fingerprint density at radius 3 is 2.70 bits per heavy atom. The van der Waals surface area contributed by atoms with Crippen LogP contribution in [0.4, 0.5) is 13.2 Å². The summed E-state index contributed by atoms with van der Waals surface area (Å²) in [7, 11) is 1.26. The lowest BCUT2D eigenvalue weighted by atomic mass is 10.1. The van der Waals surface area contributed by atoms with Crippen LogP contribution in [0.3, 0.4) is 0 Å². The second kappa shape index (κ2) is 6.64. The minimum atomic E-state index is -4.71. The lowest BCUT2D eigenvalue weighted by Gasteiger charge is -2.11. The van der Waals surface area contributed by atoms with Crippen LogP contribution < -0.4 is 5.32 Å². The molecule has 0 aromatic carbocycles. The van der Waals surface area contributed by atoms with Gasteiger partial charge in [-0.3, -0.25) is 14.5 Å². The third kappa shape index (κ3) is 3.33. The van der Waals surface area contributed by atoms with E-state index in [-0.39, 0.29) is 11.9 Å². The average molecular weight is 417 g/mol. The Morgan fingerprint density at radius 1 is 1.20 bits per heavy atom. The van der Waals surface area contributed by atoms with Crippen LogP contribution in [-0.4, -0.2) is 35.4 Å². The van der Waals surface area contributed by atoms with E-state index in [1.54, 1.807) is 6.20 Å². The number of nitrogens with zero attached hydrogens (tertiary/aromatic N) is 6. The number of fused-ring (bicyclic) bond motifs is 1. The highest BCUT2D eigenvalue weighted by Gasteiger charge is 2.38. The molecule has 0 spiro atoms. The molecule has 3 aromatic heterocycles.